The van der Waals surface area contributed by atoms with Crippen molar-refractivity contribution in [1.29, 1.82) is 0 Å². The van der Waals surface area contributed by atoms with Crippen LogP contribution in [0.5, 0.6) is 0 Å². The molecule has 0 fully saturated rings. The van der Waals surface area contributed by atoms with E-state index < -0.39 is 0 Å². The van der Waals surface area contributed by atoms with E-state index in [4.69, 9.17) is 4.98 Å². The number of anilines is 1. The number of rotatable bonds is 5. The molecule has 0 bridgehead atoms. The molecule has 0 radical (unpaired) electrons. The summed E-state index contributed by atoms with van der Waals surface area (Å²) in [6, 6.07) is 18.2. The number of nitrogens with zero attached hydrogens (tertiary/aromatic N) is 3. The Labute approximate surface area is 187 Å². The molecule has 0 aliphatic rings. The number of halogens is 1. The molecule has 0 saturated heterocycles. The van der Waals surface area contributed by atoms with Crippen molar-refractivity contribution in [3.8, 4) is 0 Å². The first-order chi connectivity index (χ1) is 13.9. The maximum Gasteiger partial charge on any atom is 0.260 e. The van der Waals surface area contributed by atoms with Crippen LogP contribution in [0.3, 0.4) is 0 Å². The summed E-state index contributed by atoms with van der Waals surface area (Å²) in [4.78, 5) is 22.5. The van der Waals surface area contributed by atoms with Crippen LogP contribution in [-0.4, -0.2) is 43.0 Å². The molecule has 0 N–H and O–H groups in total. The minimum Gasteiger partial charge on any atom is -0.308 e. The van der Waals surface area contributed by atoms with Gasteiger partial charge in [0.1, 0.15) is 0 Å². The van der Waals surface area contributed by atoms with Gasteiger partial charge in [-0.2, -0.15) is 0 Å². The van der Waals surface area contributed by atoms with Crippen molar-refractivity contribution in [1.82, 2.24) is 9.88 Å². The molecule has 4 rings (SSSR count). The number of fused-ring (bicyclic) bond motifs is 2. The lowest BCUT2D eigenvalue weighted by atomic mass is 10.0. The zero-order chi connectivity index (χ0) is 20.5. The summed E-state index contributed by atoms with van der Waals surface area (Å²) in [5, 5.41) is 2.80. The van der Waals surface area contributed by atoms with Gasteiger partial charge in [0.2, 0.25) is 0 Å². The molecule has 0 unspecified atom stereocenters. The number of aromatic nitrogens is 1. The summed E-state index contributed by atoms with van der Waals surface area (Å²) in [6.45, 7) is 5.53. The highest BCUT2D eigenvalue weighted by molar-refractivity contribution is 7.22. The first-order valence-corrected chi connectivity index (χ1v) is 10.6. The quantitative estimate of drug-likeness (QED) is 0.400. The Kier molecular flexibility index (Phi) is 6.76. The summed E-state index contributed by atoms with van der Waals surface area (Å²) in [6.07, 6.45) is 0. The number of carbonyl (C=O) groups excluding carboxylic acids is 1. The highest BCUT2D eigenvalue weighted by Crippen LogP contribution is 2.33. The van der Waals surface area contributed by atoms with Gasteiger partial charge in [-0.25, -0.2) is 4.98 Å². The predicted molar refractivity (Wildman–Crippen MR) is 131 cm³/mol. The van der Waals surface area contributed by atoms with Crippen LogP contribution in [0.15, 0.2) is 54.6 Å². The van der Waals surface area contributed by atoms with Crippen LogP contribution in [0.4, 0.5) is 5.13 Å². The van der Waals surface area contributed by atoms with Crippen molar-refractivity contribution in [2.24, 2.45) is 0 Å². The molecule has 6 heteroatoms. The molecule has 4 nitrogen and oxygen atoms in total. The lowest BCUT2D eigenvalue weighted by Gasteiger charge is -2.22. The van der Waals surface area contributed by atoms with Gasteiger partial charge in [-0.15, -0.1) is 12.4 Å². The van der Waals surface area contributed by atoms with E-state index in [9.17, 15) is 4.79 Å². The van der Waals surface area contributed by atoms with E-state index in [2.05, 4.69) is 30.9 Å². The topological polar surface area (TPSA) is 36.4 Å². The van der Waals surface area contributed by atoms with Crippen LogP contribution in [0, 0.1) is 13.8 Å². The number of aryl methyl sites for hydroxylation is 2. The van der Waals surface area contributed by atoms with Gasteiger partial charge < -0.3 is 4.90 Å². The molecule has 1 heterocycles. The SMILES string of the molecule is Cc1cc(C)c2nc(N(CCN(C)C)C(=O)c3cccc4ccccc34)sc2c1.Cl. The number of amides is 1. The number of carbonyl (C=O) groups is 1. The van der Waals surface area contributed by atoms with Gasteiger partial charge in [-0.1, -0.05) is 53.8 Å². The highest BCUT2D eigenvalue weighted by Gasteiger charge is 2.23. The Balaban J connectivity index is 0.00000256. The Bertz CT molecular complexity index is 1200. The van der Waals surface area contributed by atoms with Crippen LogP contribution >= 0.6 is 23.7 Å². The normalized spacial score (nSPS) is 11.1. The van der Waals surface area contributed by atoms with Crippen LogP contribution < -0.4 is 4.90 Å². The molecule has 156 valence electrons. The van der Waals surface area contributed by atoms with Crippen molar-refractivity contribution in [2.45, 2.75) is 13.8 Å². The third-order valence-electron chi connectivity index (χ3n) is 5.09. The van der Waals surface area contributed by atoms with Gasteiger partial charge in [0.25, 0.3) is 5.91 Å². The number of benzene rings is 3. The van der Waals surface area contributed by atoms with Gasteiger partial charge in [0.05, 0.1) is 10.2 Å². The van der Waals surface area contributed by atoms with Gasteiger partial charge in [-0.3, -0.25) is 9.69 Å². The second-order valence-electron chi connectivity index (χ2n) is 7.71. The molecule has 4 aromatic rings. The molecule has 1 aromatic heterocycles. The average molecular weight is 440 g/mol. The van der Waals surface area contributed by atoms with Crippen molar-refractivity contribution in [3.05, 3.63) is 71.3 Å². The largest absolute Gasteiger partial charge is 0.308 e. The Hall–Kier alpha value is -2.47. The maximum absolute atomic E-state index is 13.7. The van der Waals surface area contributed by atoms with E-state index in [1.807, 2.05) is 61.5 Å². The Morgan fingerprint density at radius 2 is 1.73 bits per heavy atom. The molecule has 30 heavy (non-hydrogen) atoms. The third-order valence-corrected chi connectivity index (χ3v) is 6.11. The summed E-state index contributed by atoms with van der Waals surface area (Å²) in [7, 11) is 4.04. The van der Waals surface area contributed by atoms with Crippen LogP contribution in [0.2, 0.25) is 0 Å². The zero-order valence-corrected chi connectivity index (χ0v) is 19.3. The summed E-state index contributed by atoms with van der Waals surface area (Å²) >= 11 is 1.59. The van der Waals surface area contributed by atoms with Crippen molar-refractivity contribution < 1.29 is 4.79 Å². The zero-order valence-electron chi connectivity index (χ0n) is 17.7. The number of hydrogen-bond acceptors (Lipinski definition) is 4. The fourth-order valence-corrected chi connectivity index (χ4v) is 4.78. The minimum absolute atomic E-state index is 0. The van der Waals surface area contributed by atoms with E-state index >= 15 is 0 Å². The van der Waals surface area contributed by atoms with Gasteiger partial charge >= 0.3 is 0 Å². The fraction of sp³-hybridized carbons (Fsp3) is 0.250. The summed E-state index contributed by atoms with van der Waals surface area (Å²) < 4.78 is 1.12. The fourth-order valence-electron chi connectivity index (χ4n) is 3.62. The standard InChI is InChI=1S/C24H25N3OS.ClH/c1-16-14-17(2)22-21(15-16)29-24(25-22)27(13-12-26(3)4)23(28)20-11-7-9-18-8-5-6-10-19(18)20;/h5-11,14-15H,12-13H2,1-4H3;1H. The van der Waals surface area contributed by atoms with Gasteiger partial charge in [-0.05, 0) is 62.0 Å². The Morgan fingerprint density at radius 1 is 1.00 bits per heavy atom. The lowest BCUT2D eigenvalue weighted by molar-refractivity contribution is 0.0987. The van der Waals surface area contributed by atoms with Gasteiger partial charge in [0, 0.05) is 18.7 Å². The summed E-state index contributed by atoms with van der Waals surface area (Å²) in [5.74, 6) is -0.00270. The monoisotopic (exact) mass is 439 g/mol. The van der Waals surface area contributed by atoms with Crippen LogP contribution in [0.25, 0.3) is 21.0 Å². The number of hydrogen-bond donors (Lipinski definition) is 0. The van der Waals surface area contributed by atoms with E-state index in [1.165, 1.54) is 5.56 Å². The second kappa shape index (κ2) is 9.13. The molecule has 3 aromatic carbocycles. The van der Waals surface area contributed by atoms with E-state index in [0.717, 1.165) is 38.2 Å². The first kappa shape index (κ1) is 22.2. The van der Waals surface area contributed by atoms with Gasteiger partial charge in [0.15, 0.2) is 5.13 Å². The smallest absolute Gasteiger partial charge is 0.260 e. The van der Waals surface area contributed by atoms with Crippen molar-refractivity contribution >= 4 is 55.8 Å². The van der Waals surface area contributed by atoms with Crippen LogP contribution in [-0.2, 0) is 0 Å². The molecule has 0 spiro atoms. The molecule has 0 atom stereocenters. The number of likely N-dealkylation sites (N-methyl/N-ethyl adjacent to an activating group) is 1. The predicted octanol–water partition coefficient (Wildman–Crippen LogP) is 5.70. The summed E-state index contributed by atoms with van der Waals surface area (Å²) in [5.41, 5.74) is 4.06. The molecule has 0 saturated carbocycles. The molecule has 0 aliphatic heterocycles. The van der Waals surface area contributed by atoms with Crippen LogP contribution in [0.1, 0.15) is 21.5 Å². The number of thiazole rings is 1. The molecular formula is C24H26ClN3OS. The Morgan fingerprint density at radius 3 is 2.50 bits per heavy atom. The molecular weight excluding hydrogens is 414 g/mol. The molecule has 1 amide bonds. The first-order valence-electron chi connectivity index (χ1n) is 9.76. The van der Waals surface area contributed by atoms with Crippen molar-refractivity contribution in [3.63, 3.8) is 0 Å². The van der Waals surface area contributed by atoms with E-state index in [0.29, 0.717) is 12.1 Å². The van der Waals surface area contributed by atoms with E-state index in [-0.39, 0.29) is 18.3 Å². The highest BCUT2D eigenvalue weighted by atomic mass is 35.5. The third kappa shape index (κ3) is 4.33. The van der Waals surface area contributed by atoms with Crippen molar-refractivity contribution in [2.75, 3.05) is 32.1 Å². The minimum atomic E-state index is -0.00270. The lowest BCUT2D eigenvalue weighted by Crippen LogP contribution is -2.36. The second-order valence-corrected chi connectivity index (χ2v) is 8.72. The maximum atomic E-state index is 13.7. The average Bonchev–Trinajstić information content (AvgIpc) is 3.11. The van der Waals surface area contributed by atoms with E-state index in [1.54, 1.807) is 11.3 Å². The molecule has 0 aliphatic carbocycles.